The molecule has 0 saturated carbocycles. The molecule has 1 heterocycles. The fourth-order valence-electron chi connectivity index (χ4n) is 1.13. The number of rotatable bonds is 5. The van der Waals surface area contributed by atoms with Crippen LogP contribution in [0.4, 0.5) is 0 Å². The molecule has 1 aromatic rings. The van der Waals surface area contributed by atoms with E-state index in [1.54, 1.807) is 6.20 Å². The van der Waals surface area contributed by atoms with Crippen molar-refractivity contribution in [2.45, 2.75) is 30.5 Å². The molecule has 0 fully saturated rings. The van der Waals surface area contributed by atoms with Gasteiger partial charge in [-0.15, -0.1) is 0 Å². The second-order valence-corrected chi connectivity index (χ2v) is 5.10. The number of thioether (sulfide) groups is 1. The van der Waals surface area contributed by atoms with Crippen molar-refractivity contribution in [1.29, 1.82) is 0 Å². The largest absolute Gasteiger partial charge is 0.465 e. The first kappa shape index (κ1) is 13.5. The van der Waals surface area contributed by atoms with E-state index in [9.17, 15) is 4.79 Å². The van der Waals surface area contributed by atoms with Crippen molar-refractivity contribution in [3.05, 3.63) is 22.8 Å². The minimum atomic E-state index is -0.189. The van der Waals surface area contributed by atoms with Crippen LogP contribution in [0.3, 0.4) is 0 Å². The fraction of sp³-hybridized carbons (Fsp3) is 0.455. The zero-order valence-electron chi connectivity index (χ0n) is 9.27. The fourth-order valence-corrected chi connectivity index (χ4v) is 2.56. The molecule has 5 heteroatoms. The highest BCUT2D eigenvalue weighted by Gasteiger charge is 2.20. The SMILES string of the molecule is CCOC(=O)C(CC)Sc1ncccc1Br. The van der Waals surface area contributed by atoms with Gasteiger partial charge in [-0.05, 0) is 41.4 Å². The Morgan fingerprint density at radius 1 is 1.62 bits per heavy atom. The number of pyridine rings is 1. The van der Waals surface area contributed by atoms with Crippen LogP contribution in [0.5, 0.6) is 0 Å². The van der Waals surface area contributed by atoms with E-state index in [-0.39, 0.29) is 11.2 Å². The lowest BCUT2D eigenvalue weighted by Gasteiger charge is -2.12. The predicted molar refractivity (Wildman–Crippen MR) is 68.5 cm³/mol. The normalized spacial score (nSPS) is 12.2. The summed E-state index contributed by atoms with van der Waals surface area (Å²) in [5, 5.41) is 0.633. The maximum absolute atomic E-state index is 11.6. The topological polar surface area (TPSA) is 39.2 Å². The third kappa shape index (κ3) is 3.79. The van der Waals surface area contributed by atoms with Gasteiger partial charge < -0.3 is 4.74 Å². The molecular formula is C11H14BrNO2S. The Morgan fingerprint density at radius 3 is 2.94 bits per heavy atom. The summed E-state index contributed by atoms with van der Waals surface area (Å²) in [6, 6.07) is 3.76. The molecular weight excluding hydrogens is 290 g/mol. The summed E-state index contributed by atoms with van der Waals surface area (Å²) in [6.45, 7) is 4.19. The van der Waals surface area contributed by atoms with Gasteiger partial charge in [-0.1, -0.05) is 18.7 Å². The zero-order chi connectivity index (χ0) is 12.0. The van der Waals surface area contributed by atoms with E-state index < -0.39 is 0 Å². The van der Waals surface area contributed by atoms with Crippen molar-refractivity contribution in [3.8, 4) is 0 Å². The minimum Gasteiger partial charge on any atom is -0.465 e. The van der Waals surface area contributed by atoms with Crippen LogP contribution in [0.15, 0.2) is 27.8 Å². The Morgan fingerprint density at radius 2 is 2.38 bits per heavy atom. The quantitative estimate of drug-likeness (QED) is 0.618. The van der Waals surface area contributed by atoms with E-state index in [2.05, 4.69) is 20.9 Å². The Kier molecular flexibility index (Phi) is 5.84. The van der Waals surface area contributed by atoms with Crippen molar-refractivity contribution in [2.24, 2.45) is 0 Å². The van der Waals surface area contributed by atoms with Crippen molar-refractivity contribution in [1.82, 2.24) is 4.98 Å². The molecule has 88 valence electrons. The average molecular weight is 304 g/mol. The van der Waals surface area contributed by atoms with Gasteiger partial charge in [0.2, 0.25) is 0 Å². The molecule has 0 N–H and O–H groups in total. The minimum absolute atomic E-state index is 0.174. The molecule has 1 unspecified atom stereocenters. The number of carbonyl (C=O) groups is 1. The summed E-state index contributed by atoms with van der Waals surface area (Å²) in [7, 11) is 0. The summed E-state index contributed by atoms with van der Waals surface area (Å²) in [5.74, 6) is -0.174. The molecule has 0 aliphatic rings. The first-order chi connectivity index (χ1) is 7.69. The van der Waals surface area contributed by atoms with Crippen molar-refractivity contribution >= 4 is 33.7 Å². The Labute approximate surface area is 108 Å². The summed E-state index contributed by atoms with van der Waals surface area (Å²) in [4.78, 5) is 15.8. The van der Waals surface area contributed by atoms with E-state index in [1.807, 2.05) is 26.0 Å². The van der Waals surface area contributed by atoms with Gasteiger partial charge in [0.25, 0.3) is 0 Å². The van der Waals surface area contributed by atoms with Gasteiger partial charge in [-0.2, -0.15) is 0 Å². The molecule has 0 aliphatic carbocycles. The lowest BCUT2D eigenvalue weighted by atomic mass is 10.3. The smallest absolute Gasteiger partial charge is 0.319 e. The number of esters is 1. The summed E-state index contributed by atoms with van der Waals surface area (Å²) in [6.07, 6.45) is 2.44. The number of nitrogens with zero attached hydrogens (tertiary/aromatic N) is 1. The van der Waals surface area contributed by atoms with Gasteiger partial charge in [0.1, 0.15) is 10.3 Å². The second kappa shape index (κ2) is 6.91. The summed E-state index contributed by atoms with van der Waals surface area (Å²) < 4.78 is 5.91. The van der Waals surface area contributed by atoms with E-state index >= 15 is 0 Å². The van der Waals surface area contributed by atoms with Crippen LogP contribution in [0, 0.1) is 0 Å². The Hall–Kier alpha value is -0.550. The molecule has 0 spiro atoms. The molecule has 0 amide bonds. The lowest BCUT2D eigenvalue weighted by Crippen LogP contribution is -2.19. The Bertz CT molecular complexity index is 360. The van der Waals surface area contributed by atoms with Crippen LogP contribution in [0.2, 0.25) is 0 Å². The van der Waals surface area contributed by atoms with Crippen LogP contribution < -0.4 is 0 Å². The van der Waals surface area contributed by atoms with Crippen LogP contribution in [-0.2, 0) is 9.53 Å². The van der Waals surface area contributed by atoms with Crippen LogP contribution in [0.25, 0.3) is 0 Å². The van der Waals surface area contributed by atoms with Crippen molar-refractivity contribution in [2.75, 3.05) is 6.61 Å². The van der Waals surface area contributed by atoms with Gasteiger partial charge in [0.05, 0.1) is 6.61 Å². The lowest BCUT2D eigenvalue weighted by molar-refractivity contribution is -0.142. The summed E-state index contributed by atoms with van der Waals surface area (Å²) in [5.41, 5.74) is 0. The van der Waals surface area contributed by atoms with E-state index in [0.29, 0.717) is 6.61 Å². The first-order valence-corrected chi connectivity index (χ1v) is 6.80. The molecule has 0 radical (unpaired) electrons. The number of halogens is 1. The molecule has 3 nitrogen and oxygen atoms in total. The number of ether oxygens (including phenoxy) is 1. The highest BCUT2D eigenvalue weighted by Crippen LogP contribution is 2.30. The standard InChI is InChI=1S/C11H14BrNO2S/c1-3-9(11(14)15-4-2)16-10-8(12)6-5-7-13-10/h5-7,9H,3-4H2,1-2H3. The number of hydrogen-bond donors (Lipinski definition) is 0. The average Bonchev–Trinajstić information content (AvgIpc) is 2.28. The third-order valence-corrected chi connectivity index (χ3v) is 4.16. The van der Waals surface area contributed by atoms with Gasteiger partial charge >= 0.3 is 5.97 Å². The molecule has 1 rings (SSSR count). The van der Waals surface area contributed by atoms with Gasteiger partial charge in [0, 0.05) is 10.7 Å². The van der Waals surface area contributed by atoms with E-state index in [1.165, 1.54) is 11.8 Å². The van der Waals surface area contributed by atoms with Crippen LogP contribution in [0.1, 0.15) is 20.3 Å². The highest BCUT2D eigenvalue weighted by molar-refractivity contribution is 9.10. The zero-order valence-corrected chi connectivity index (χ0v) is 11.7. The first-order valence-electron chi connectivity index (χ1n) is 5.12. The van der Waals surface area contributed by atoms with Crippen LogP contribution in [-0.4, -0.2) is 22.8 Å². The molecule has 0 aromatic carbocycles. The van der Waals surface area contributed by atoms with E-state index in [4.69, 9.17) is 4.74 Å². The van der Waals surface area contributed by atoms with Gasteiger partial charge in [-0.3, -0.25) is 4.79 Å². The van der Waals surface area contributed by atoms with Crippen molar-refractivity contribution in [3.63, 3.8) is 0 Å². The Balaban J connectivity index is 2.70. The monoisotopic (exact) mass is 303 g/mol. The molecule has 1 aromatic heterocycles. The van der Waals surface area contributed by atoms with Crippen molar-refractivity contribution < 1.29 is 9.53 Å². The van der Waals surface area contributed by atoms with E-state index in [0.717, 1.165) is 15.9 Å². The number of carbonyl (C=O) groups excluding carboxylic acids is 1. The van der Waals surface area contributed by atoms with Gasteiger partial charge in [-0.25, -0.2) is 4.98 Å². The van der Waals surface area contributed by atoms with Crippen LogP contribution >= 0.6 is 27.7 Å². The molecule has 0 bridgehead atoms. The second-order valence-electron chi connectivity index (χ2n) is 3.06. The summed E-state index contributed by atoms with van der Waals surface area (Å²) >= 11 is 4.84. The maximum Gasteiger partial charge on any atom is 0.319 e. The maximum atomic E-state index is 11.6. The predicted octanol–water partition coefficient (Wildman–Crippen LogP) is 3.28. The number of hydrogen-bond acceptors (Lipinski definition) is 4. The third-order valence-electron chi connectivity index (χ3n) is 1.90. The van der Waals surface area contributed by atoms with Gasteiger partial charge in [0.15, 0.2) is 0 Å². The molecule has 0 saturated heterocycles. The molecule has 16 heavy (non-hydrogen) atoms. The number of aromatic nitrogens is 1. The highest BCUT2D eigenvalue weighted by atomic mass is 79.9. The molecule has 0 aliphatic heterocycles. The molecule has 1 atom stereocenters.